The summed E-state index contributed by atoms with van der Waals surface area (Å²) < 4.78 is 18.7. The molecule has 0 aromatic heterocycles. The van der Waals surface area contributed by atoms with Crippen LogP contribution in [0, 0.1) is 0 Å². The first-order valence-electron chi connectivity index (χ1n) is 12.6. The number of hydrogen-bond donors (Lipinski definition) is 0. The lowest BCUT2D eigenvalue weighted by molar-refractivity contribution is -0.268. The molecular weight excluding hydrogens is 388 g/mol. The van der Waals surface area contributed by atoms with Gasteiger partial charge in [0.25, 0.3) is 12.8 Å². The summed E-state index contributed by atoms with van der Waals surface area (Å²) in [5.74, 6) is 1.50. The Kier molecular flexibility index (Phi) is 13.0. The fourth-order valence-electron chi connectivity index (χ4n) is 3.90. The first-order chi connectivity index (χ1) is 15.2. The van der Waals surface area contributed by atoms with Gasteiger partial charge < -0.3 is 9.47 Å². The zero-order valence-electron chi connectivity index (χ0n) is 20.5. The van der Waals surface area contributed by atoms with Crippen LogP contribution >= 0.6 is 0 Å². The molecule has 1 aromatic rings. The van der Waals surface area contributed by atoms with Gasteiger partial charge in [0.1, 0.15) is 0 Å². The van der Waals surface area contributed by atoms with E-state index in [0.29, 0.717) is 0 Å². The molecule has 0 radical (unpaired) electrons. The number of nitrogens with zero attached hydrogens (tertiary/aromatic N) is 2. The van der Waals surface area contributed by atoms with Gasteiger partial charge in [0.05, 0.1) is 0 Å². The van der Waals surface area contributed by atoms with Gasteiger partial charge in [-0.05, 0) is 39.1 Å². The Morgan fingerprint density at radius 1 is 0.613 bits per heavy atom. The summed E-state index contributed by atoms with van der Waals surface area (Å²) in [4.78, 5) is 4.33. The second kappa shape index (κ2) is 15.5. The molecule has 31 heavy (non-hydrogen) atoms. The molecule has 1 aliphatic rings. The van der Waals surface area contributed by atoms with E-state index in [1.54, 1.807) is 0 Å². The second-order valence-corrected chi connectivity index (χ2v) is 8.93. The highest BCUT2D eigenvalue weighted by molar-refractivity contribution is 5.39. The number of benzene rings is 1. The number of hydrogen-bond acceptors (Lipinski definition) is 5. The van der Waals surface area contributed by atoms with Gasteiger partial charge in [-0.1, -0.05) is 90.2 Å². The number of rotatable bonds is 16. The van der Waals surface area contributed by atoms with Crippen LogP contribution < -0.4 is 9.47 Å². The van der Waals surface area contributed by atoms with Crippen molar-refractivity contribution >= 4 is 0 Å². The van der Waals surface area contributed by atoms with Gasteiger partial charge in [-0.25, -0.2) is 9.80 Å². The van der Waals surface area contributed by atoms with E-state index in [4.69, 9.17) is 14.2 Å². The van der Waals surface area contributed by atoms with E-state index in [1.165, 1.54) is 64.2 Å². The molecule has 0 spiro atoms. The summed E-state index contributed by atoms with van der Waals surface area (Å²) in [5.41, 5.74) is 0. The highest BCUT2D eigenvalue weighted by atomic mass is 16.8. The van der Waals surface area contributed by atoms with Gasteiger partial charge in [0.2, 0.25) is 0 Å². The lowest BCUT2D eigenvalue weighted by Gasteiger charge is -2.31. The van der Waals surface area contributed by atoms with E-state index < -0.39 is 12.8 Å². The van der Waals surface area contributed by atoms with Crippen molar-refractivity contribution in [2.75, 3.05) is 27.2 Å². The molecule has 178 valence electrons. The molecule has 0 bridgehead atoms. The third kappa shape index (κ3) is 9.80. The standard InChI is InChI=1S/C26H46N2O3/c1-5-7-9-11-13-17-21-27(3)25-29-23-19-15-16-20-24(23)30-26(31-25)28(4)22-18-14-12-10-8-6-2/h15-16,19-20,25-26H,5-14,17-18,21-22H2,1-4H3. The SMILES string of the molecule is CCCCCCCCN(C)C1Oc2ccccc2OC(N(C)CCCCCCCC)O1. The molecule has 1 heterocycles. The smallest absolute Gasteiger partial charge is 0.266 e. The van der Waals surface area contributed by atoms with Gasteiger partial charge in [-0.2, -0.15) is 0 Å². The first kappa shape index (κ1) is 26.0. The molecule has 0 N–H and O–H groups in total. The number of unbranched alkanes of at least 4 members (excludes halogenated alkanes) is 10. The van der Waals surface area contributed by atoms with Crippen molar-refractivity contribution in [3.8, 4) is 11.5 Å². The molecule has 5 nitrogen and oxygen atoms in total. The Morgan fingerprint density at radius 3 is 1.42 bits per heavy atom. The first-order valence-corrected chi connectivity index (χ1v) is 12.6. The van der Waals surface area contributed by atoms with Crippen molar-refractivity contribution in [1.82, 2.24) is 9.80 Å². The molecule has 2 rings (SSSR count). The average Bonchev–Trinajstić information content (AvgIpc) is 2.98. The van der Waals surface area contributed by atoms with E-state index in [-0.39, 0.29) is 0 Å². The number of ether oxygens (including phenoxy) is 3. The molecule has 1 aliphatic heterocycles. The van der Waals surface area contributed by atoms with Crippen LogP contribution in [0.5, 0.6) is 11.5 Å². The summed E-state index contributed by atoms with van der Waals surface area (Å²) in [6, 6.07) is 7.88. The fourth-order valence-corrected chi connectivity index (χ4v) is 3.90. The summed E-state index contributed by atoms with van der Waals surface area (Å²) in [6.07, 6.45) is 14.5. The van der Waals surface area contributed by atoms with Crippen molar-refractivity contribution < 1.29 is 14.2 Å². The highest BCUT2D eigenvalue weighted by Crippen LogP contribution is 2.33. The minimum atomic E-state index is -0.448. The molecule has 5 heteroatoms. The molecule has 0 amide bonds. The summed E-state index contributed by atoms with van der Waals surface area (Å²) in [6.45, 7) is 6.42. The predicted molar refractivity (Wildman–Crippen MR) is 128 cm³/mol. The van der Waals surface area contributed by atoms with E-state index in [2.05, 4.69) is 37.7 Å². The third-order valence-corrected chi connectivity index (χ3v) is 5.99. The highest BCUT2D eigenvalue weighted by Gasteiger charge is 2.31. The fraction of sp³-hybridized carbons (Fsp3) is 0.769. The molecule has 0 fully saturated rings. The molecule has 0 aliphatic carbocycles. The van der Waals surface area contributed by atoms with Crippen LogP contribution in [0.4, 0.5) is 0 Å². The van der Waals surface area contributed by atoms with E-state index in [9.17, 15) is 0 Å². The zero-order chi connectivity index (χ0) is 22.3. The predicted octanol–water partition coefficient (Wildman–Crippen LogP) is 6.63. The maximum Gasteiger partial charge on any atom is 0.266 e. The Labute approximate surface area is 191 Å². The summed E-state index contributed by atoms with van der Waals surface area (Å²) >= 11 is 0. The van der Waals surface area contributed by atoms with Crippen molar-refractivity contribution in [2.24, 2.45) is 0 Å². The molecular formula is C26H46N2O3. The minimum absolute atomic E-state index is 0.448. The average molecular weight is 435 g/mol. The summed E-state index contributed by atoms with van der Waals surface area (Å²) in [7, 11) is 4.16. The van der Waals surface area contributed by atoms with Crippen LogP contribution in [0.1, 0.15) is 90.9 Å². The van der Waals surface area contributed by atoms with Gasteiger partial charge >= 0.3 is 0 Å². The Morgan fingerprint density at radius 2 is 1.00 bits per heavy atom. The van der Waals surface area contributed by atoms with Gasteiger partial charge in [-0.15, -0.1) is 0 Å². The van der Waals surface area contributed by atoms with Crippen molar-refractivity contribution in [3.63, 3.8) is 0 Å². The maximum atomic E-state index is 6.32. The number of para-hydroxylation sites is 2. The molecule has 2 atom stereocenters. The van der Waals surface area contributed by atoms with Gasteiger partial charge in [0, 0.05) is 13.1 Å². The van der Waals surface area contributed by atoms with E-state index >= 15 is 0 Å². The quantitative estimate of drug-likeness (QED) is 0.273. The second-order valence-electron chi connectivity index (χ2n) is 8.93. The van der Waals surface area contributed by atoms with Crippen LogP contribution in [0.3, 0.4) is 0 Å². The van der Waals surface area contributed by atoms with Crippen LogP contribution in [0.15, 0.2) is 24.3 Å². The molecule has 2 unspecified atom stereocenters. The lowest BCUT2D eigenvalue weighted by atomic mass is 10.1. The van der Waals surface area contributed by atoms with Crippen LogP contribution in [-0.4, -0.2) is 49.8 Å². The topological polar surface area (TPSA) is 34.2 Å². The van der Waals surface area contributed by atoms with Crippen LogP contribution in [0.25, 0.3) is 0 Å². The summed E-state index contributed by atoms with van der Waals surface area (Å²) in [5, 5.41) is 0. The Balaban J connectivity index is 1.87. The lowest BCUT2D eigenvalue weighted by Crippen LogP contribution is -2.47. The van der Waals surface area contributed by atoms with Gasteiger partial charge in [0.15, 0.2) is 11.5 Å². The van der Waals surface area contributed by atoms with E-state index in [0.717, 1.165) is 37.4 Å². The molecule has 0 saturated carbocycles. The third-order valence-electron chi connectivity index (χ3n) is 5.99. The van der Waals surface area contributed by atoms with Crippen molar-refractivity contribution in [3.05, 3.63) is 24.3 Å². The monoisotopic (exact) mass is 434 g/mol. The largest absolute Gasteiger partial charge is 0.447 e. The number of fused-ring (bicyclic) bond motifs is 1. The van der Waals surface area contributed by atoms with Crippen molar-refractivity contribution in [2.45, 2.75) is 104 Å². The minimum Gasteiger partial charge on any atom is -0.447 e. The van der Waals surface area contributed by atoms with Crippen LogP contribution in [-0.2, 0) is 4.74 Å². The normalized spacial score (nSPS) is 18.5. The Hall–Kier alpha value is -1.30. The molecule has 1 aromatic carbocycles. The Bertz CT molecular complexity index is 535. The maximum absolute atomic E-state index is 6.32. The zero-order valence-corrected chi connectivity index (χ0v) is 20.5. The molecule has 0 saturated heterocycles. The van der Waals surface area contributed by atoms with E-state index in [1.807, 2.05) is 24.3 Å². The van der Waals surface area contributed by atoms with Gasteiger partial charge in [-0.3, -0.25) is 4.74 Å². The van der Waals surface area contributed by atoms with Crippen LogP contribution in [0.2, 0.25) is 0 Å². The van der Waals surface area contributed by atoms with Crippen molar-refractivity contribution in [1.29, 1.82) is 0 Å².